The van der Waals surface area contributed by atoms with E-state index in [0.29, 0.717) is 0 Å². The summed E-state index contributed by atoms with van der Waals surface area (Å²) in [4.78, 5) is 0. The van der Waals surface area contributed by atoms with Gasteiger partial charge < -0.3 is 8.83 Å². The van der Waals surface area contributed by atoms with E-state index in [4.69, 9.17) is 59.6 Å². The Morgan fingerprint density at radius 1 is 0.177 bits per heavy atom. The molecule has 0 aliphatic heterocycles. The molecule has 0 aliphatic carbocycles. The molecule has 0 amide bonds. The second kappa shape index (κ2) is 21.5. The molecule has 0 atom stereocenters. The van der Waals surface area contributed by atoms with Gasteiger partial charge in [0.15, 0.2) is 0 Å². The second-order valence-corrected chi connectivity index (χ2v) is 21.3. The highest BCUT2D eigenvalue weighted by molar-refractivity contribution is 6.31. The summed E-state index contributed by atoms with van der Waals surface area (Å²) in [7, 11) is 0. The quantitative estimate of drug-likeness (QED) is 0.127. The van der Waals surface area contributed by atoms with E-state index in [2.05, 4.69) is 0 Å². The monoisotopic (exact) mass is 1270 g/mol. The van der Waals surface area contributed by atoms with Gasteiger partial charge in [0.25, 0.3) is 0 Å². The third-order valence-corrected chi connectivity index (χ3v) is 16.4. The highest BCUT2D eigenvalue weighted by Gasteiger charge is 2.25. The van der Waals surface area contributed by atoms with Crippen LogP contribution in [0.2, 0.25) is 0 Å². The molecule has 0 bridgehead atoms. The van der Waals surface area contributed by atoms with Crippen molar-refractivity contribution in [3.05, 3.63) is 338 Å². The van der Waals surface area contributed by atoms with Crippen LogP contribution in [0.1, 0.15) is 76.8 Å². The zero-order valence-electron chi connectivity index (χ0n) is 104. The molecular weight excluding hydrogens is 1160 g/mol. The maximum absolute atomic E-state index is 10.1. The van der Waals surface area contributed by atoms with E-state index in [1.54, 1.807) is 0 Å². The molecule has 2 nitrogen and oxygen atoms in total. The molecule has 0 saturated heterocycles. The summed E-state index contributed by atoms with van der Waals surface area (Å²) in [6.07, 6.45) is 0. The Morgan fingerprint density at radius 3 is 0.990 bits per heavy atom. The van der Waals surface area contributed by atoms with Crippen molar-refractivity contribution in [1.29, 1.82) is 0 Å². The fourth-order valence-electron chi connectivity index (χ4n) is 12.4. The van der Waals surface area contributed by atoms with E-state index in [0.717, 1.165) is 0 Å². The Labute approximate surface area is 631 Å². The van der Waals surface area contributed by atoms with Crippen molar-refractivity contribution >= 4 is 152 Å². The lowest BCUT2D eigenvalue weighted by atomic mass is 9.83. The standard InChI is InChI=1S/C50H30O.C44H26O/c1-3-16-35-31(12-1)26-28-39-36(22-10-23-38(35)39)33-14-9-15-34(30-33)47-40-18-5-7-20-42(40)48(43-21-8-6-19-41(43)47)44-24-11-25-46-49(44)45-29-27-32-13-2-4-17-37(32)50(45)51-46;1-3-14-30-27(11-1)23-24-29-13-9-20-36(40(29)30)41-32-16-5-7-18-34(32)42(35-19-8-6-17-33(35)41)37-21-10-22-39-43(37)38-26-25-28-12-2-4-15-31(28)44(38)45-39/h1-30H;1-26H/i1D,2D,3D,4D,5D,6D,7D,8D,9D,10D,11D,12D,13D,14D,15D,16D,17D,18D,19D,20D,21D,22D,23D,24D,25D,26D,27D,28D,29D,30D;1D,2D,3D,4D,5D,6D,7D,8D,9D,10D,11D,12D,13D,14D,15D,16D,17D,18D,19D,20D,21D,22D,23D,24D,25D,26D. The van der Waals surface area contributed by atoms with Crippen LogP contribution >= 0.6 is 0 Å². The minimum atomic E-state index is -1.14. The first-order valence-corrected chi connectivity index (χ1v) is 28.6. The lowest BCUT2D eigenvalue weighted by Gasteiger charge is -2.19. The van der Waals surface area contributed by atoms with Gasteiger partial charge in [-0.1, -0.05) is 308 Å². The average molecular weight is 1270 g/mol. The van der Waals surface area contributed by atoms with Crippen LogP contribution in [0, 0.1) is 0 Å². The van der Waals surface area contributed by atoms with Gasteiger partial charge in [-0.05, 0) is 183 Å². The largest absolute Gasteiger partial charge is 0.455 e. The van der Waals surface area contributed by atoms with Gasteiger partial charge in [-0.2, -0.15) is 0 Å². The van der Waals surface area contributed by atoms with Crippen molar-refractivity contribution in [2.45, 2.75) is 0 Å². The Hall–Kier alpha value is -12.6. The minimum absolute atomic E-state index is 0.450. The van der Waals surface area contributed by atoms with E-state index in [-0.39, 0.29) is 0 Å². The number of hydrogen-bond acceptors (Lipinski definition) is 2. The molecule has 21 rings (SSSR count). The lowest BCUT2D eigenvalue weighted by Crippen LogP contribution is -1.92. The van der Waals surface area contributed by atoms with Crippen molar-refractivity contribution in [3.8, 4) is 55.6 Å². The van der Waals surface area contributed by atoms with Gasteiger partial charge in [0.2, 0.25) is 0 Å². The summed E-state index contributed by atoms with van der Waals surface area (Å²) < 4.78 is 521. The molecule has 21 aromatic rings. The van der Waals surface area contributed by atoms with Crippen molar-refractivity contribution in [1.82, 2.24) is 0 Å². The van der Waals surface area contributed by atoms with Crippen molar-refractivity contribution < 1.29 is 85.6 Å². The summed E-state index contributed by atoms with van der Waals surface area (Å²) in [5.74, 6) is 0. The van der Waals surface area contributed by atoms with Crippen LogP contribution in [-0.4, -0.2) is 0 Å². The van der Waals surface area contributed by atoms with Gasteiger partial charge in [0.05, 0.1) is 76.8 Å². The van der Waals surface area contributed by atoms with E-state index < -0.39 is 546 Å². The van der Waals surface area contributed by atoms with Gasteiger partial charge in [0, 0.05) is 32.3 Å². The highest BCUT2D eigenvalue weighted by Crippen LogP contribution is 2.51. The highest BCUT2D eigenvalue weighted by atomic mass is 16.3. The molecule has 0 fully saturated rings. The van der Waals surface area contributed by atoms with Crippen LogP contribution in [0.5, 0.6) is 0 Å². The zero-order chi connectivity index (χ0) is 112. The summed E-state index contributed by atoms with van der Waals surface area (Å²) in [6.45, 7) is 0. The van der Waals surface area contributed by atoms with Gasteiger partial charge in [-0.25, -0.2) is 0 Å². The minimum Gasteiger partial charge on any atom is -0.455 e. The smallest absolute Gasteiger partial charge is 0.143 e. The fourth-order valence-corrected chi connectivity index (χ4v) is 12.4. The van der Waals surface area contributed by atoms with Gasteiger partial charge in [0.1, 0.15) is 22.3 Å². The number of furan rings is 2. The van der Waals surface area contributed by atoms with Gasteiger partial charge >= 0.3 is 0 Å². The number of fused-ring (bicyclic) bond motifs is 20. The maximum atomic E-state index is 10.1. The first-order valence-electron chi connectivity index (χ1n) is 56.6. The first-order chi connectivity index (χ1) is 71.0. The number of rotatable bonds is 5. The van der Waals surface area contributed by atoms with Crippen LogP contribution in [-0.2, 0) is 0 Å². The van der Waals surface area contributed by atoms with E-state index >= 15 is 0 Å². The third-order valence-electron chi connectivity index (χ3n) is 16.4. The molecule has 2 heterocycles. The van der Waals surface area contributed by atoms with Crippen molar-refractivity contribution in [2.75, 3.05) is 0 Å². The maximum Gasteiger partial charge on any atom is 0.143 e. The second-order valence-electron chi connectivity index (χ2n) is 21.3. The molecular formula is C94H56O2. The zero-order valence-corrected chi connectivity index (χ0v) is 47.8. The Balaban J connectivity index is 0.000000185. The fraction of sp³-hybridized carbons (Fsp3) is 0. The molecule has 444 valence electrons. The molecule has 0 radical (unpaired) electrons. The topological polar surface area (TPSA) is 26.3 Å². The average Bonchev–Trinajstić information content (AvgIpc) is 1.22. The Kier molecular flexibility index (Phi) is 5.05. The van der Waals surface area contributed by atoms with Gasteiger partial charge in [-0.3, -0.25) is 0 Å². The SMILES string of the molecule is [2H]c1c([2H])c(-c2c3c([2H])c([2H])c([2H])c([2H])c3c(-c3c([2H])c([2H])c([2H])c4c([2H])c([2H])c5c([2H])c([2H])c([2H])c([2H])c5c34)c3c([2H])c([2H])c([2H])c([2H])c23)c2c(oc3c4c([2H])c([2H])c([2H])c([2H])c4c([2H])c([2H])c32)c1[2H].[2H]c1c([2H])c(-c2c3c([2H])c([2H])c([2H])c([2H])c3c(-c3c([2H])c([2H])c([2H])c4oc5c6c([2H])c([2H])c([2H])c([2H])c6c([2H])c([2H])c5c34)c3c([2H])c([2H])c([2H])c([2H])c23)c([2H])c(-c2c([2H])c([2H])c([2H])c3c2c([2H])c([2H])c2c([2H])c([2H])c([2H])c([2H])c23)c1[2H]. The Bertz CT molecular complexity index is 10200. The number of hydrogen-bond donors (Lipinski definition) is 0. The van der Waals surface area contributed by atoms with E-state index in [1.807, 2.05) is 0 Å². The van der Waals surface area contributed by atoms with Crippen LogP contribution < -0.4 is 0 Å². The first kappa shape index (κ1) is 22.6. The summed E-state index contributed by atoms with van der Waals surface area (Å²) in [5, 5.41) is -14.9. The van der Waals surface area contributed by atoms with Crippen LogP contribution in [0.4, 0.5) is 0 Å². The molecule has 96 heavy (non-hydrogen) atoms. The van der Waals surface area contributed by atoms with Crippen LogP contribution in [0.15, 0.2) is 347 Å². The molecule has 0 saturated carbocycles. The lowest BCUT2D eigenvalue weighted by molar-refractivity contribution is 0.672. The van der Waals surface area contributed by atoms with E-state index in [9.17, 15) is 26.0 Å². The molecule has 2 heteroatoms. The van der Waals surface area contributed by atoms with Gasteiger partial charge in [-0.15, -0.1) is 0 Å². The molecule has 0 unspecified atom stereocenters. The normalized spacial score (nSPS) is 20.1. The molecule has 2 aromatic heterocycles. The molecule has 0 N–H and O–H groups in total. The summed E-state index contributed by atoms with van der Waals surface area (Å²) >= 11 is 0. The predicted molar refractivity (Wildman–Crippen MR) is 410 cm³/mol. The predicted octanol–water partition coefficient (Wildman–Crippen LogP) is 27.0. The molecule has 19 aromatic carbocycles. The van der Waals surface area contributed by atoms with Crippen LogP contribution in [0.3, 0.4) is 0 Å². The van der Waals surface area contributed by atoms with Crippen molar-refractivity contribution in [3.63, 3.8) is 0 Å². The van der Waals surface area contributed by atoms with Crippen molar-refractivity contribution in [2.24, 2.45) is 0 Å². The molecule has 0 spiro atoms. The summed E-state index contributed by atoms with van der Waals surface area (Å²) in [6, 6.07) is -51.8. The van der Waals surface area contributed by atoms with Crippen LogP contribution in [0.25, 0.3) is 207 Å². The Morgan fingerprint density at radius 2 is 0.490 bits per heavy atom. The number of benzene rings is 19. The van der Waals surface area contributed by atoms with E-state index in [1.165, 1.54) is 0 Å². The third kappa shape index (κ3) is 8.19. The summed E-state index contributed by atoms with van der Waals surface area (Å²) in [5.41, 5.74) is -10.2. The molecule has 0 aliphatic rings.